The Kier molecular flexibility index (Phi) is 6.05. The van der Waals surface area contributed by atoms with Crippen molar-refractivity contribution in [2.24, 2.45) is 0 Å². The van der Waals surface area contributed by atoms with Gasteiger partial charge < -0.3 is 9.30 Å². The molecule has 0 aliphatic heterocycles. The number of ketones is 1. The fourth-order valence-electron chi connectivity index (χ4n) is 2.64. The van der Waals surface area contributed by atoms with Crippen LogP contribution in [0.5, 0.6) is 5.75 Å². The van der Waals surface area contributed by atoms with Gasteiger partial charge in [0.15, 0.2) is 16.8 Å². The van der Waals surface area contributed by atoms with E-state index >= 15 is 0 Å². The van der Waals surface area contributed by atoms with Crippen LogP contribution in [-0.2, 0) is 6.54 Å². The number of carbonyl (C=O) groups is 1. The summed E-state index contributed by atoms with van der Waals surface area (Å²) < 4.78 is 7.09. The van der Waals surface area contributed by atoms with E-state index in [1.54, 1.807) is 13.2 Å². The summed E-state index contributed by atoms with van der Waals surface area (Å²) in [5.41, 5.74) is 1.10. The topological polar surface area (TPSA) is 100 Å². The summed E-state index contributed by atoms with van der Waals surface area (Å²) in [4.78, 5) is 22.8. The van der Waals surface area contributed by atoms with Crippen LogP contribution in [0.4, 0.5) is 5.69 Å². The van der Waals surface area contributed by atoms with Crippen molar-refractivity contribution in [3.63, 3.8) is 0 Å². The molecule has 0 fully saturated rings. The van der Waals surface area contributed by atoms with E-state index in [1.165, 1.54) is 30.0 Å². The molecule has 0 spiro atoms. The summed E-state index contributed by atoms with van der Waals surface area (Å²) in [5.74, 6) is 1.37. The first-order chi connectivity index (χ1) is 13.5. The molecule has 0 bridgehead atoms. The van der Waals surface area contributed by atoms with Gasteiger partial charge in [-0.2, -0.15) is 0 Å². The molecule has 0 N–H and O–H groups in total. The Labute approximate surface area is 165 Å². The number of nitrogens with zero attached hydrogens (tertiary/aromatic N) is 4. The highest BCUT2D eigenvalue weighted by Crippen LogP contribution is 2.26. The summed E-state index contributed by atoms with van der Waals surface area (Å²) in [6, 6.07) is 13.2. The quantitative estimate of drug-likeness (QED) is 0.246. The first-order valence-corrected chi connectivity index (χ1v) is 9.50. The number of hydrogen-bond donors (Lipinski definition) is 0. The van der Waals surface area contributed by atoms with Crippen LogP contribution >= 0.6 is 11.8 Å². The average molecular weight is 398 g/mol. The molecular formula is C19H18N4O4S. The highest BCUT2D eigenvalue weighted by Gasteiger charge is 2.16. The van der Waals surface area contributed by atoms with Gasteiger partial charge in [0.25, 0.3) is 5.69 Å². The Hall–Kier alpha value is -3.20. The van der Waals surface area contributed by atoms with E-state index < -0.39 is 4.92 Å². The molecule has 0 aliphatic carbocycles. The van der Waals surface area contributed by atoms with Crippen LogP contribution in [0.3, 0.4) is 0 Å². The number of nitro groups is 1. The van der Waals surface area contributed by atoms with Gasteiger partial charge in [-0.05, 0) is 31.2 Å². The van der Waals surface area contributed by atoms with Gasteiger partial charge in [-0.25, -0.2) is 0 Å². The molecule has 9 heteroatoms. The Bertz CT molecular complexity index is 1000. The third kappa shape index (κ3) is 4.20. The summed E-state index contributed by atoms with van der Waals surface area (Å²) >= 11 is 1.26. The highest BCUT2D eigenvalue weighted by molar-refractivity contribution is 7.99. The minimum Gasteiger partial charge on any atom is -0.497 e. The second-order valence-corrected chi connectivity index (χ2v) is 6.74. The van der Waals surface area contributed by atoms with Gasteiger partial charge in [0.05, 0.1) is 17.8 Å². The Balaban J connectivity index is 1.76. The van der Waals surface area contributed by atoms with Crippen LogP contribution in [-0.4, -0.2) is 38.3 Å². The molecule has 0 unspecified atom stereocenters. The molecule has 0 aliphatic rings. The Morgan fingerprint density at radius 2 is 1.96 bits per heavy atom. The lowest BCUT2D eigenvalue weighted by Crippen LogP contribution is -2.05. The van der Waals surface area contributed by atoms with Crippen LogP contribution < -0.4 is 4.74 Å². The monoisotopic (exact) mass is 398 g/mol. The number of aromatic nitrogens is 3. The van der Waals surface area contributed by atoms with Crippen LogP contribution in [0.25, 0.3) is 11.4 Å². The van der Waals surface area contributed by atoms with Gasteiger partial charge in [-0.1, -0.05) is 23.9 Å². The number of nitro benzene ring substituents is 1. The van der Waals surface area contributed by atoms with Crippen molar-refractivity contribution >= 4 is 23.2 Å². The van der Waals surface area contributed by atoms with Gasteiger partial charge in [0, 0.05) is 29.8 Å². The molecular weight excluding hydrogens is 380 g/mol. The van der Waals surface area contributed by atoms with Crippen molar-refractivity contribution in [2.45, 2.75) is 18.6 Å². The van der Waals surface area contributed by atoms with Crippen LogP contribution in [0.1, 0.15) is 17.3 Å². The Morgan fingerprint density at radius 3 is 2.61 bits per heavy atom. The van der Waals surface area contributed by atoms with Crippen molar-refractivity contribution in [1.82, 2.24) is 14.8 Å². The van der Waals surface area contributed by atoms with E-state index in [-0.39, 0.29) is 17.2 Å². The predicted octanol–water partition coefficient (Wildman–Crippen LogP) is 3.86. The van der Waals surface area contributed by atoms with Crippen LogP contribution in [0.2, 0.25) is 0 Å². The molecule has 1 heterocycles. The molecule has 28 heavy (non-hydrogen) atoms. The van der Waals surface area contributed by atoms with Gasteiger partial charge in [0.2, 0.25) is 0 Å². The third-order valence-corrected chi connectivity index (χ3v) is 5.06. The molecule has 8 nitrogen and oxygen atoms in total. The van der Waals surface area contributed by atoms with Crippen molar-refractivity contribution in [1.29, 1.82) is 0 Å². The normalized spacial score (nSPS) is 10.6. The third-order valence-electron chi connectivity index (χ3n) is 4.09. The van der Waals surface area contributed by atoms with Gasteiger partial charge in [0.1, 0.15) is 5.75 Å². The number of rotatable bonds is 8. The molecule has 0 radical (unpaired) electrons. The van der Waals surface area contributed by atoms with Crippen molar-refractivity contribution in [2.75, 3.05) is 12.9 Å². The lowest BCUT2D eigenvalue weighted by Gasteiger charge is -2.08. The summed E-state index contributed by atoms with van der Waals surface area (Å²) in [7, 11) is 1.61. The van der Waals surface area contributed by atoms with E-state index in [9.17, 15) is 14.9 Å². The minimum absolute atomic E-state index is 0.102. The molecule has 0 amide bonds. The SMILES string of the molecule is CCn1c(SCC(=O)c2cccc([N+](=O)[O-])c2)nnc1-c1ccc(OC)cc1. The van der Waals surface area contributed by atoms with Crippen molar-refractivity contribution < 1.29 is 14.5 Å². The maximum Gasteiger partial charge on any atom is 0.270 e. The zero-order chi connectivity index (χ0) is 20.1. The maximum atomic E-state index is 12.4. The van der Waals surface area contributed by atoms with Crippen molar-refractivity contribution in [3.05, 3.63) is 64.2 Å². The molecule has 3 aromatic rings. The first kappa shape index (κ1) is 19.6. The van der Waals surface area contributed by atoms with E-state index in [0.717, 1.165) is 11.3 Å². The number of carbonyl (C=O) groups excluding carboxylic acids is 1. The number of ether oxygens (including phenoxy) is 1. The lowest BCUT2D eigenvalue weighted by molar-refractivity contribution is -0.384. The molecule has 3 rings (SSSR count). The number of hydrogen-bond acceptors (Lipinski definition) is 7. The number of methoxy groups -OCH3 is 1. The fraction of sp³-hybridized carbons (Fsp3) is 0.211. The van der Waals surface area contributed by atoms with Gasteiger partial charge in [-0.3, -0.25) is 14.9 Å². The standard InChI is InChI=1S/C19H18N4O4S/c1-3-22-18(13-7-9-16(27-2)10-8-13)20-21-19(22)28-12-17(24)14-5-4-6-15(11-14)23(25)26/h4-11H,3,12H2,1-2H3. The van der Waals surface area contributed by atoms with Gasteiger partial charge in [-0.15, -0.1) is 10.2 Å². The Morgan fingerprint density at radius 1 is 1.21 bits per heavy atom. The van der Waals surface area contributed by atoms with Crippen LogP contribution in [0.15, 0.2) is 53.7 Å². The van der Waals surface area contributed by atoms with Gasteiger partial charge >= 0.3 is 0 Å². The lowest BCUT2D eigenvalue weighted by atomic mass is 10.1. The molecule has 2 aromatic carbocycles. The fourth-order valence-corrected chi connectivity index (χ4v) is 3.54. The van der Waals surface area contributed by atoms with Crippen LogP contribution in [0, 0.1) is 10.1 Å². The number of non-ortho nitro benzene ring substituents is 1. The number of Topliss-reactive ketones (excluding diaryl/α,β-unsaturated/α-hetero) is 1. The van der Waals surface area contributed by atoms with Crippen molar-refractivity contribution in [3.8, 4) is 17.1 Å². The highest BCUT2D eigenvalue weighted by atomic mass is 32.2. The van der Waals surface area contributed by atoms with E-state index in [0.29, 0.717) is 23.1 Å². The maximum absolute atomic E-state index is 12.4. The number of thioether (sulfide) groups is 1. The molecule has 0 saturated carbocycles. The summed E-state index contributed by atoms with van der Waals surface area (Å²) in [6.45, 7) is 2.62. The smallest absolute Gasteiger partial charge is 0.270 e. The van der Waals surface area contributed by atoms with E-state index in [1.807, 2.05) is 35.8 Å². The molecule has 0 saturated heterocycles. The molecule has 144 valence electrons. The first-order valence-electron chi connectivity index (χ1n) is 8.51. The number of benzene rings is 2. The second-order valence-electron chi connectivity index (χ2n) is 5.80. The zero-order valence-corrected chi connectivity index (χ0v) is 16.2. The summed E-state index contributed by atoms with van der Waals surface area (Å²) in [5, 5.41) is 19.9. The predicted molar refractivity (Wildman–Crippen MR) is 106 cm³/mol. The average Bonchev–Trinajstić information content (AvgIpc) is 3.15. The van der Waals surface area contributed by atoms with E-state index in [4.69, 9.17) is 4.74 Å². The minimum atomic E-state index is -0.515. The molecule has 1 aromatic heterocycles. The second kappa shape index (κ2) is 8.66. The largest absolute Gasteiger partial charge is 0.497 e. The zero-order valence-electron chi connectivity index (χ0n) is 15.4. The summed E-state index contributed by atoms with van der Waals surface area (Å²) in [6.07, 6.45) is 0. The van der Waals surface area contributed by atoms with E-state index in [2.05, 4.69) is 10.2 Å². The molecule has 0 atom stereocenters.